The lowest BCUT2D eigenvalue weighted by atomic mass is 10.2. The van der Waals surface area contributed by atoms with Crippen molar-refractivity contribution >= 4 is 5.97 Å². The van der Waals surface area contributed by atoms with Crippen molar-refractivity contribution in [3.8, 4) is 0 Å². The molecule has 1 aromatic rings. The molecule has 5 nitrogen and oxygen atoms in total. The normalized spacial score (nSPS) is 20.5. The van der Waals surface area contributed by atoms with E-state index in [1.165, 1.54) is 12.8 Å². The molecule has 2 aliphatic rings. The van der Waals surface area contributed by atoms with Gasteiger partial charge in [-0.25, -0.2) is 9.48 Å². The number of aromatic nitrogens is 3. The fourth-order valence-electron chi connectivity index (χ4n) is 1.88. The van der Waals surface area contributed by atoms with Crippen LogP contribution in [0.25, 0.3) is 0 Å². The van der Waals surface area contributed by atoms with Gasteiger partial charge >= 0.3 is 5.97 Å². The van der Waals surface area contributed by atoms with Crippen molar-refractivity contribution in [1.29, 1.82) is 0 Å². The molecule has 2 aliphatic carbocycles. The summed E-state index contributed by atoms with van der Waals surface area (Å²) in [6, 6.07) is 0.416. The highest BCUT2D eigenvalue weighted by molar-refractivity contribution is 5.86. The predicted octanol–water partition coefficient (Wildman–Crippen LogP) is 1.26. The van der Waals surface area contributed by atoms with Crippen LogP contribution in [0.1, 0.15) is 47.9 Å². The van der Waals surface area contributed by atoms with E-state index in [2.05, 4.69) is 10.3 Å². The maximum Gasteiger partial charge on any atom is 0.358 e. The molecule has 1 aromatic heterocycles. The van der Waals surface area contributed by atoms with Crippen molar-refractivity contribution in [3.05, 3.63) is 11.4 Å². The molecule has 1 N–H and O–H groups in total. The van der Waals surface area contributed by atoms with Crippen LogP contribution in [-0.4, -0.2) is 26.1 Å². The summed E-state index contributed by atoms with van der Waals surface area (Å²) in [5.74, 6) is -0.281. The van der Waals surface area contributed by atoms with Crippen LogP contribution in [0.3, 0.4) is 0 Å². The van der Waals surface area contributed by atoms with Crippen LogP contribution in [0.4, 0.5) is 0 Å². The highest BCUT2D eigenvalue weighted by Gasteiger charge is 2.33. The number of carboxylic acid groups (broad SMARTS) is 1. The number of carbonyl (C=O) groups is 1. The Morgan fingerprint density at radius 3 is 2.67 bits per heavy atom. The van der Waals surface area contributed by atoms with Gasteiger partial charge in [-0.1, -0.05) is 5.21 Å². The van der Waals surface area contributed by atoms with Crippen LogP contribution in [0.15, 0.2) is 0 Å². The van der Waals surface area contributed by atoms with Crippen molar-refractivity contribution in [2.75, 3.05) is 0 Å². The molecule has 0 amide bonds. The topological polar surface area (TPSA) is 68.0 Å². The third kappa shape index (κ3) is 1.62. The molecule has 1 heterocycles. The van der Waals surface area contributed by atoms with Crippen molar-refractivity contribution in [2.45, 2.75) is 38.1 Å². The first-order chi connectivity index (χ1) is 7.25. The van der Waals surface area contributed by atoms with Crippen LogP contribution >= 0.6 is 0 Å². The SMILES string of the molecule is O=C(O)c1nnn(C2CC2)c1CC1CC1. The van der Waals surface area contributed by atoms with Gasteiger partial charge in [0, 0.05) is 0 Å². The van der Waals surface area contributed by atoms with Gasteiger partial charge in [-0.2, -0.15) is 0 Å². The molecule has 0 radical (unpaired) electrons. The molecule has 80 valence electrons. The number of hydrogen-bond acceptors (Lipinski definition) is 3. The maximum absolute atomic E-state index is 11.0. The maximum atomic E-state index is 11.0. The Morgan fingerprint density at radius 1 is 1.40 bits per heavy atom. The molecule has 3 rings (SSSR count). The van der Waals surface area contributed by atoms with Gasteiger partial charge in [0.1, 0.15) is 0 Å². The van der Waals surface area contributed by atoms with Gasteiger partial charge in [0.05, 0.1) is 11.7 Å². The zero-order chi connectivity index (χ0) is 10.4. The number of rotatable bonds is 4. The van der Waals surface area contributed by atoms with Crippen LogP contribution in [-0.2, 0) is 6.42 Å². The van der Waals surface area contributed by atoms with E-state index >= 15 is 0 Å². The van der Waals surface area contributed by atoms with E-state index in [1.807, 2.05) is 4.68 Å². The summed E-state index contributed by atoms with van der Waals surface area (Å²) in [5, 5.41) is 16.7. The van der Waals surface area contributed by atoms with Crippen molar-refractivity contribution in [1.82, 2.24) is 15.0 Å². The van der Waals surface area contributed by atoms with Crippen LogP contribution < -0.4 is 0 Å². The lowest BCUT2D eigenvalue weighted by Gasteiger charge is -2.03. The van der Waals surface area contributed by atoms with Crippen molar-refractivity contribution < 1.29 is 9.90 Å². The van der Waals surface area contributed by atoms with Gasteiger partial charge < -0.3 is 5.11 Å². The first-order valence-corrected chi connectivity index (χ1v) is 5.43. The minimum absolute atomic E-state index is 0.161. The Balaban J connectivity index is 1.94. The molecule has 0 unspecified atom stereocenters. The molecule has 0 atom stereocenters. The number of aromatic carboxylic acids is 1. The summed E-state index contributed by atoms with van der Waals surface area (Å²) in [7, 11) is 0. The largest absolute Gasteiger partial charge is 0.476 e. The standard InChI is InChI=1S/C10H13N3O2/c14-10(15)9-8(5-6-1-2-6)13(12-11-9)7-3-4-7/h6-7H,1-5H2,(H,14,15). The third-order valence-corrected chi connectivity index (χ3v) is 3.07. The smallest absolute Gasteiger partial charge is 0.358 e. The zero-order valence-corrected chi connectivity index (χ0v) is 8.39. The summed E-state index contributed by atoms with van der Waals surface area (Å²) < 4.78 is 1.84. The molecule has 0 aromatic carbocycles. The minimum atomic E-state index is -0.947. The van der Waals surface area contributed by atoms with Crippen LogP contribution in [0.2, 0.25) is 0 Å². The Morgan fingerprint density at radius 2 is 2.13 bits per heavy atom. The van der Waals surface area contributed by atoms with Crippen molar-refractivity contribution in [2.24, 2.45) is 5.92 Å². The second-order valence-electron chi connectivity index (χ2n) is 4.51. The average Bonchev–Trinajstić information content (AvgIpc) is 3.06. The van der Waals surface area contributed by atoms with Crippen molar-refractivity contribution in [3.63, 3.8) is 0 Å². The fraction of sp³-hybridized carbons (Fsp3) is 0.700. The Labute approximate surface area is 87.1 Å². The summed E-state index contributed by atoms with van der Waals surface area (Å²) in [5.41, 5.74) is 1.00. The Bertz CT molecular complexity index is 405. The Hall–Kier alpha value is -1.39. The second kappa shape index (κ2) is 3.05. The summed E-state index contributed by atoms with van der Waals surface area (Å²) >= 11 is 0. The molecule has 15 heavy (non-hydrogen) atoms. The molecule has 2 fully saturated rings. The quantitative estimate of drug-likeness (QED) is 0.807. The summed E-state index contributed by atoms with van der Waals surface area (Å²) in [6.07, 6.45) is 5.50. The van der Waals surface area contributed by atoms with Crippen LogP contribution in [0, 0.1) is 5.92 Å². The monoisotopic (exact) mass is 207 g/mol. The first kappa shape index (κ1) is 8.88. The highest BCUT2D eigenvalue weighted by Crippen LogP contribution is 2.38. The minimum Gasteiger partial charge on any atom is -0.476 e. The molecule has 5 heteroatoms. The van der Waals surface area contributed by atoms with Gasteiger partial charge in [0.15, 0.2) is 5.69 Å². The first-order valence-electron chi connectivity index (χ1n) is 5.43. The van der Waals surface area contributed by atoms with E-state index in [1.54, 1.807) is 0 Å². The second-order valence-corrected chi connectivity index (χ2v) is 4.51. The van der Waals surface area contributed by atoms with E-state index in [0.717, 1.165) is 25.0 Å². The Kier molecular flexibility index (Phi) is 1.81. The summed E-state index contributed by atoms with van der Waals surface area (Å²) in [6.45, 7) is 0. The molecular weight excluding hydrogens is 194 g/mol. The van der Waals surface area contributed by atoms with Gasteiger partial charge in [0.25, 0.3) is 0 Å². The number of nitrogens with zero attached hydrogens (tertiary/aromatic N) is 3. The highest BCUT2D eigenvalue weighted by atomic mass is 16.4. The zero-order valence-electron chi connectivity index (χ0n) is 8.39. The predicted molar refractivity (Wildman–Crippen MR) is 51.7 cm³/mol. The van der Waals surface area contributed by atoms with Crippen LogP contribution in [0.5, 0.6) is 0 Å². The molecule has 0 saturated heterocycles. The third-order valence-electron chi connectivity index (χ3n) is 3.07. The summed E-state index contributed by atoms with van der Waals surface area (Å²) in [4.78, 5) is 11.0. The van der Waals surface area contributed by atoms with E-state index in [0.29, 0.717) is 12.0 Å². The van der Waals surface area contributed by atoms with Gasteiger partial charge in [-0.3, -0.25) is 0 Å². The lowest BCUT2D eigenvalue weighted by Crippen LogP contribution is -2.08. The number of carboxylic acids is 1. The molecule has 2 saturated carbocycles. The van der Waals surface area contributed by atoms with Gasteiger partial charge in [-0.15, -0.1) is 5.10 Å². The van der Waals surface area contributed by atoms with Gasteiger partial charge in [0.2, 0.25) is 0 Å². The van der Waals surface area contributed by atoms with E-state index in [4.69, 9.17) is 5.11 Å². The fourth-order valence-corrected chi connectivity index (χ4v) is 1.88. The average molecular weight is 207 g/mol. The van der Waals surface area contributed by atoms with E-state index in [9.17, 15) is 4.79 Å². The lowest BCUT2D eigenvalue weighted by molar-refractivity contribution is 0.0689. The number of hydrogen-bond donors (Lipinski definition) is 1. The molecule has 0 bridgehead atoms. The van der Waals surface area contributed by atoms with E-state index in [-0.39, 0.29) is 5.69 Å². The molecule has 0 spiro atoms. The molecular formula is C10H13N3O2. The van der Waals surface area contributed by atoms with Gasteiger partial charge in [-0.05, 0) is 38.0 Å². The van der Waals surface area contributed by atoms with E-state index < -0.39 is 5.97 Å². The molecule has 0 aliphatic heterocycles.